The highest BCUT2D eigenvalue weighted by Crippen LogP contribution is 2.47. The molecule has 55 heavy (non-hydrogen) atoms. The van der Waals surface area contributed by atoms with Gasteiger partial charge in [-0.05, 0) is 63.4 Å². The SMILES string of the molecule is C1=C(c2ccc(-c3ccc(-c4nc(-c5ccccc5)nc(-c5ccccc5)n4)cc3)cc2)c2c(sc3ccccc23)-c2ccc(-c3ccccc3)cc2CC1. The molecule has 0 N–H and O–H groups in total. The Morgan fingerprint density at radius 3 is 1.45 bits per heavy atom. The minimum absolute atomic E-state index is 0.655. The van der Waals surface area contributed by atoms with E-state index in [1.807, 2.05) is 72.0 Å². The van der Waals surface area contributed by atoms with Gasteiger partial charge in [0.2, 0.25) is 0 Å². The number of rotatable bonds is 6. The molecule has 0 radical (unpaired) electrons. The minimum Gasteiger partial charge on any atom is -0.208 e. The van der Waals surface area contributed by atoms with Gasteiger partial charge in [-0.3, -0.25) is 0 Å². The van der Waals surface area contributed by atoms with Gasteiger partial charge in [-0.2, -0.15) is 0 Å². The molecule has 7 aromatic carbocycles. The molecule has 4 heteroatoms. The fourth-order valence-electron chi connectivity index (χ4n) is 7.66. The van der Waals surface area contributed by atoms with Crippen molar-refractivity contribution >= 4 is 27.0 Å². The third-order valence-electron chi connectivity index (χ3n) is 10.5. The molecule has 0 bridgehead atoms. The molecular weight excluding hydrogens is 687 g/mol. The summed E-state index contributed by atoms with van der Waals surface area (Å²) in [6.45, 7) is 0. The maximum atomic E-state index is 4.92. The summed E-state index contributed by atoms with van der Waals surface area (Å²) in [5, 5.41) is 1.32. The van der Waals surface area contributed by atoms with Crippen LogP contribution in [0.25, 0.3) is 82.5 Å². The standard InChI is InChI=1S/C51H35N3S/c1-4-13-34(14-5-1)41-31-32-44-42(33-41)19-12-21-43(47-45-20-10-11-22-46(45)55-48(44)47)37-27-23-35(24-28-37)36-25-29-40(30-26-36)51-53-49(38-15-6-2-7-16-38)52-50(54-51)39-17-8-3-9-18-39/h1-11,13-18,20-33H,12,19H2. The van der Waals surface area contributed by atoms with E-state index in [2.05, 4.69) is 127 Å². The van der Waals surface area contributed by atoms with Gasteiger partial charge in [-0.1, -0.05) is 182 Å². The molecule has 260 valence electrons. The van der Waals surface area contributed by atoms with Crippen LogP contribution in [0.1, 0.15) is 23.1 Å². The lowest BCUT2D eigenvalue weighted by Gasteiger charge is -2.18. The quantitative estimate of drug-likeness (QED) is 0.172. The van der Waals surface area contributed by atoms with E-state index in [0.29, 0.717) is 17.5 Å². The van der Waals surface area contributed by atoms with Crippen molar-refractivity contribution in [2.75, 3.05) is 0 Å². The number of aryl methyl sites for hydroxylation is 1. The van der Waals surface area contributed by atoms with Gasteiger partial charge in [0.05, 0.1) is 0 Å². The van der Waals surface area contributed by atoms with Crippen LogP contribution in [0.3, 0.4) is 0 Å². The van der Waals surface area contributed by atoms with E-state index in [-0.39, 0.29) is 0 Å². The lowest BCUT2D eigenvalue weighted by atomic mass is 9.86. The third-order valence-corrected chi connectivity index (χ3v) is 11.7. The van der Waals surface area contributed by atoms with E-state index in [0.717, 1.165) is 35.1 Å². The lowest BCUT2D eigenvalue weighted by molar-refractivity contribution is 1.00. The first-order valence-corrected chi connectivity index (χ1v) is 19.6. The van der Waals surface area contributed by atoms with Crippen molar-refractivity contribution in [3.8, 4) is 66.9 Å². The number of thiophene rings is 1. The van der Waals surface area contributed by atoms with Gasteiger partial charge in [0.25, 0.3) is 0 Å². The van der Waals surface area contributed by atoms with Crippen LogP contribution in [0, 0.1) is 0 Å². The van der Waals surface area contributed by atoms with Crippen LogP contribution in [0.5, 0.6) is 0 Å². The van der Waals surface area contributed by atoms with E-state index >= 15 is 0 Å². The molecule has 0 aliphatic heterocycles. The van der Waals surface area contributed by atoms with E-state index in [9.17, 15) is 0 Å². The Morgan fingerprint density at radius 2 is 0.855 bits per heavy atom. The average Bonchev–Trinajstić information content (AvgIpc) is 3.64. The van der Waals surface area contributed by atoms with E-state index in [1.165, 1.54) is 59.5 Å². The predicted molar refractivity (Wildman–Crippen MR) is 230 cm³/mol. The Bertz CT molecular complexity index is 2770. The second kappa shape index (κ2) is 14.2. The Morgan fingerprint density at radius 1 is 0.400 bits per heavy atom. The van der Waals surface area contributed by atoms with Gasteiger partial charge < -0.3 is 0 Å². The summed E-state index contributed by atoms with van der Waals surface area (Å²) < 4.78 is 1.32. The molecule has 1 aliphatic carbocycles. The van der Waals surface area contributed by atoms with Crippen molar-refractivity contribution in [3.05, 3.63) is 205 Å². The summed E-state index contributed by atoms with van der Waals surface area (Å²) in [7, 11) is 0. The Balaban J connectivity index is 0.981. The van der Waals surface area contributed by atoms with Gasteiger partial charge in [-0.15, -0.1) is 11.3 Å². The smallest absolute Gasteiger partial charge is 0.164 e. The number of nitrogens with zero attached hydrogens (tertiary/aromatic N) is 3. The van der Waals surface area contributed by atoms with Crippen LogP contribution in [0.15, 0.2) is 188 Å². The molecule has 0 spiro atoms. The number of hydrogen-bond donors (Lipinski definition) is 0. The van der Waals surface area contributed by atoms with Crippen LogP contribution in [0.2, 0.25) is 0 Å². The maximum absolute atomic E-state index is 4.92. The lowest BCUT2D eigenvalue weighted by Crippen LogP contribution is -2.00. The molecule has 2 aromatic heterocycles. The maximum Gasteiger partial charge on any atom is 0.164 e. The number of hydrogen-bond acceptors (Lipinski definition) is 4. The summed E-state index contributed by atoms with van der Waals surface area (Å²) in [4.78, 5) is 16.0. The topological polar surface area (TPSA) is 38.7 Å². The van der Waals surface area contributed by atoms with E-state index in [4.69, 9.17) is 15.0 Å². The van der Waals surface area contributed by atoms with Gasteiger partial charge in [0.1, 0.15) is 0 Å². The molecular formula is C51H35N3S. The van der Waals surface area contributed by atoms with Gasteiger partial charge in [0.15, 0.2) is 17.5 Å². The number of aromatic nitrogens is 3. The molecule has 0 saturated heterocycles. The molecule has 0 atom stereocenters. The summed E-state index contributed by atoms with van der Waals surface area (Å²) in [6.07, 6.45) is 4.43. The zero-order valence-corrected chi connectivity index (χ0v) is 30.9. The molecule has 0 saturated carbocycles. The van der Waals surface area contributed by atoms with Crippen LogP contribution >= 0.6 is 11.3 Å². The number of fused-ring (bicyclic) bond motifs is 5. The first kappa shape index (κ1) is 32.9. The van der Waals surface area contributed by atoms with Gasteiger partial charge in [-0.25, -0.2) is 15.0 Å². The largest absolute Gasteiger partial charge is 0.208 e. The van der Waals surface area contributed by atoms with Crippen LogP contribution in [-0.4, -0.2) is 15.0 Å². The van der Waals surface area contributed by atoms with Gasteiger partial charge in [0, 0.05) is 37.2 Å². The summed E-state index contributed by atoms with van der Waals surface area (Å²) in [6, 6.07) is 64.5. The van der Waals surface area contributed by atoms with E-state index in [1.54, 1.807) is 0 Å². The number of benzene rings is 7. The normalized spacial score (nSPS) is 12.3. The van der Waals surface area contributed by atoms with Crippen molar-refractivity contribution in [1.29, 1.82) is 0 Å². The predicted octanol–water partition coefficient (Wildman–Crippen LogP) is 13.5. The zero-order valence-electron chi connectivity index (χ0n) is 30.1. The van der Waals surface area contributed by atoms with Crippen LogP contribution in [-0.2, 0) is 6.42 Å². The number of allylic oxidation sites excluding steroid dienone is 1. The molecule has 3 nitrogen and oxygen atoms in total. The molecule has 9 aromatic rings. The van der Waals surface area contributed by atoms with Crippen LogP contribution < -0.4 is 0 Å². The average molecular weight is 722 g/mol. The highest BCUT2D eigenvalue weighted by atomic mass is 32.1. The zero-order chi connectivity index (χ0) is 36.6. The minimum atomic E-state index is 0.655. The molecule has 0 amide bonds. The van der Waals surface area contributed by atoms with E-state index < -0.39 is 0 Å². The second-order valence-corrected chi connectivity index (χ2v) is 14.9. The summed E-state index contributed by atoms with van der Waals surface area (Å²) in [5.74, 6) is 1.98. The molecule has 10 rings (SSSR count). The highest BCUT2D eigenvalue weighted by Gasteiger charge is 2.23. The van der Waals surface area contributed by atoms with Gasteiger partial charge >= 0.3 is 0 Å². The molecule has 1 aliphatic rings. The van der Waals surface area contributed by atoms with Crippen molar-refractivity contribution < 1.29 is 0 Å². The first-order valence-electron chi connectivity index (χ1n) is 18.7. The van der Waals surface area contributed by atoms with Crippen molar-refractivity contribution in [1.82, 2.24) is 15.0 Å². The fraction of sp³-hybridized carbons (Fsp3) is 0.0392. The monoisotopic (exact) mass is 721 g/mol. The Labute approximate surface area is 325 Å². The van der Waals surface area contributed by atoms with Crippen molar-refractivity contribution in [2.45, 2.75) is 12.8 Å². The highest BCUT2D eigenvalue weighted by molar-refractivity contribution is 7.22. The first-order chi connectivity index (χ1) is 27.2. The fourth-order valence-corrected chi connectivity index (χ4v) is 8.94. The van der Waals surface area contributed by atoms with Crippen LogP contribution in [0.4, 0.5) is 0 Å². The summed E-state index contributed by atoms with van der Waals surface area (Å²) >= 11 is 1.91. The third kappa shape index (κ3) is 6.37. The van der Waals surface area contributed by atoms with Crippen molar-refractivity contribution in [3.63, 3.8) is 0 Å². The molecule has 2 heterocycles. The molecule has 0 fully saturated rings. The Hall–Kier alpha value is -6.75. The second-order valence-electron chi connectivity index (χ2n) is 13.9. The Kier molecular flexibility index (Phi) is 8.51. The molecule has 0 unspecified atom stereocenters. The summed E-state index contributed by atoms with van der Waals surface area (Å²) in [5.41, 5.74) is 14.4. The van der Waals surface area contributed by atoms with Crippen molar-refractivity contribution in [2.24, 2.45) is 0 Å².